The van der Waals surface area contributed by atoms with Crippen LogP contribution in [0.3, 0.4) is 0 Å². The zero-order valence-electron chi connectivity index (χ0n) is 13.5. The molecule has 4 nitrogen and oxygen atoms in total. The molecule has 0 bridgehead atoms. The number of carbonyl (C=O) groups excluding carboxylic acids is 2. The van der Waals surface area contributed by atoms with E-state index < -0.39 is 5.41 Å². The molecule has 2 saturated carbocycles. The van der Waals surface area contributed by atoms with E-state index in [4.69, 9.17) is 9.47 Å². The fourth-order valence-electron chi connectivity index (χ4n) is 4.57. The van der Waals surface area contributed by atoms with Crippen LogP contribution in [0.1, 0.15) is 53.4 Å². The Balaban J connectivity index is 1.61. The van der Waals surface area contributed by atoms with Gasteiger partial charge in [-0.1, -0.05) is 13.3 Å². The van der Waals surface area contributed by atoms with Gasteiger partial charge < -0.3 is 9.47 Å². The maximum Gasteiger partial charge on any atom is 0.312 e. The second-order valence-electron chi connectivity index (χ2n) is 7.98. The summed E-state index contributed by atoms with van der Waals surface area (Å²) in [6.07, 6.45) is 3.68. The topological polar surface area (TPSA) is 52.6 Å². The summed E-state index contributed by atoms with van der Waals surface area (Å²) in [4.78, 5) is 24.3. The predicted octanol–water partition coefficient (Wildman–Crippen LogP) is 2.94. The highest BCUT2D eigenvalue weighted by Crippen LogP contribution is 2.67. The molecule has 4 heteroatoms. The summed E-state index contributed by atoms with van der Waals surface area (Å²) in [5.41, 5.74) is -0.790. The maximum atomic E-state index is 12.2. The molecule has 0 spiro atoms. The van der Waals surface area contributed by atoms with Gasteiger partial charge in [-0.2, -0.15) is 0 Å². The molecule has 5 atom stereocenters. The number of ether oxygens (including phenoxy) is 2. The summed E-state index contributed by atoms with van der Waals surface area (Å²) in [6.45, 7) is 8.13. The van der Waals surface area contributed by atoms with Crippen molar-refractivity contribution in [2.24, 2.45) is 28.6 Å². The van der Waals surface area contributed by atoms with Crippen LogP contribution in [0.4, 0.5) is 0 Å². The Bertz CT molecular complexity index is 469. The van der Waals surface area contributed by atoms with Crippen molar-refractivity contribution in [2.75, 3.05) is 6.61 Å². The molecule has 0 radical (unpaired) electrons. The van der Waals surface area contributed by atoms with E-state index in [1.54, 1.807) is 0 Å². The highest BCUT2D eigenvalue weighted by Gasteiger charge is 2.69. The molecule has 3 fully saturated rings. The molecule has 5 unspecified atom stereocenters. The van der Waals surface area contributed by atoms with Gasteiger partial charge in [0, 0.05) is 5.92 Å². The lowest BCUT2D eigenvalue weighted by Crippen LogP contribution is -2.34. The van der Waals surface area contributed by atoms with Gasteiger partial charge in [0.15, 0.2) is 0 Å². The van der Waals surface area contributed by atoms with Gasteiger partial charge in [-0.05, 0) is 51.9 Å². The third-order valence-electron chi connectivity index (χ3n) is 5.79. The number of hydrogen-bond acceptors (Lipinski definition) is 4. The van der Waals surface area contributed by atoms with Crippen LogP contribution in [0, 0.1) is 28.6 Å². The van der Waals surface area contributed by atoms with Gasteiger partial charge in [0.1, 0.15) is 12.7 Å². The summed E-state index contributed by atoms with van der Waals surface area (Å²) in [5, 5.41) is 0. The molecule has 0 aromatic rings. The van der Waals surface area contributed by atoms with Crippen molar-refractivity contribution in [1.29, 1.82) is 0 Å². The van der Waals surface area contributed by atoms with Crippen LogP contribution in [-0.2, 0) is 19.1 Å². The van der Waals surface area contributed by atoms with Crippen LogP contribution in [0.25, 0.3) is 0 Å². The predicted molar refractivity (Wildman–Crippen MR) is 77.3 cm³/mol. The van der Waals surface area contributed by atoms with E-state index in [1.165, 1.54) is 6.42 Å². The number of fused-ring (bicyclic) bond motifs is 3. The Hall–Kier alpha value is -1.06. The van der Waals surface area contributed by atoms with Crippen molar-refractivity contribution in [1.82, 2.24) is 0 Å². The first-order valence-corrected chi connectivity index (χ1v) is 8.18. The largest absolute Gasteiger partial charge is 0.461 e. The van der Waals surface area contributed by atoms with E-state index in [2.05, 4.69) is 6.92 Å². The molecule has 2 aliphatic carbocycles. The van der Waals surface area contributed by atoms with Crippen LogP contribution in [0.15, 0.2) is 0 Å². The standard InChI is InChI=1S/C17H26O4/c1-5-6-16(2,3)14(18)20-9-12-13-11-7-10(11)8-17(13,4)15(19)21-12/h10-13H,5-9H2,1-4H3. The van der Waals surface area contributed by atoms with Gasteiger partial charge in [-0.25, -0.2) is 0 Å². The minimum Gasteiger partial charge on any atom is -0.461 e. The number of cyclic esters (lactones) is 1. The highest BCUT2D eigenvalue weighted by molar-refractivity contribution is 5.80. The van der Waals surface area contributed by atoms with E-state index in [0.717, 1.165) is 19.3 Å². The summed E-state index contributed by atoms with van der Waals surface area (Å²) in [7, 11) is 0. The normalized spacial score (nSPS) is 40.5. The second-order valence-corrected chi connectivity index (χ2v) is 7.98. The van der Waals surface area contributed by atoms with E-state index in [0.29, 0.717) is 11.8 Å². The molecule has 0 aromatic carbocycles. The summed E-state index contributed by atoms with van der Waals surface area (Å²) < 4.78 is 11.0. The van der Waals surface area contributed by atoms with E-state index in [9.17, 15) is 9.59 Å². The fourth-order valence-corrected chi connectivity index (χ4v) is 4.57. The van der Waals surface area contributed by atoms with E-state index in [1.807, 2.05) is 20.8 Å². The number of rotatable bonds is 5. The van der Waals surface area contributed by atoms with E-state index >= 15 is 0 Å². The number of hydrogen-bond donors (Lipinski definition) is 0. The fraction of sp³-hybridized carbons (Fsp3) is 0.882. The number of carbonyl (C=O) groups is 2. The molecular weight excluding hydrogens is 268 g/mol. The van der Waals surface area contributed by atoms with Gasteiger partial charge in [0.05, 0.1) is 10.8 Å². The first kappa shape index (κ1) is 14.9. The molecular formula is C17H26O4. The van der Waals surface area contributed by atoms with Crippen molar-refractivity contribution in [3.63, 3.8) is 0 Å². The minimum atomic E-state index is -0.460. The molecule has 0 N–H and O–H groups in total. The van der Waals surface area contributed by atoms with Gasteiger partial charge in [0.25, 0.3) is 0 Å². The molecule has 1 aliphatic heterocycles. The van der Waals surface area contributed by atoms with Crippen LogP contribution in [-0.4, -0.2) is 24.6 Å². The Morgan fingerprint density at radius 1 is 1.48 bits per heavy atom. The first-order valence-electron chi connectivity index (χ1n) is 8.18. The van der Waals surface area contributed by atoms with Crippen molar-refractivity contribution < 1.29 is 19.1 Å². The molecule has 0 amide bonds. The number of esters is 2. The molecule has 3 aliphatic rings. The highest BCUT2D eigenvalue weighted by atomic mass is 16.6. The second kappa shape index (κ2) is 4.72. The first-order chi connectivity index (χ1) is 9.79. The molecule has 1 saturated heterocycles. The Labute approximate surface area is 126 Å². The van der Waals surface area contributed by atoms with Crippen molar-refractivity contribution in [3.05, 3.63) is 0 Å². The molecule has 118 valence electrons. The van der Waals surface area contributed by atoms with Crippen molar-refractivity contribution >= 4 is 11.9 Å². The average molecular weight is 294 g/mol. The van der Waals surface area contributed by atoms with Crippen LogP contribution in [0.5, 0.6) is 0 Å². The maximum absolute atomic E-state index is 12.2. The smallest absolute Gasteiger partial charge is 0.312 e. The Morgan fingerprint density at radius 2 is 2.19 bits per heavy atom. The zero-order valence-corrected chi connectivity index (χ0v) is 13.5. The Kier molecular flexibility index (Phi) is 3.34. The molecule has 3 rings (SSSR count). The van der Waals surface area contributed by atoms with Crippen molar-refractivity contribution in [3.8, 4) is 0 Å². The Morgan fingerprint density at radius 3 is 2.86 bits per heavy atom. The van der Waals surface area contributed by atoms with Gasteiger partial charge >= 0.3 is 11.9 Å². The minimum absolute atomic E-state index is 0.0893. The van der Waals surface area contributed by atoms with Crippen LogP contribution in [0.2, 0.25) is 0 Å². The monoisotopic (exact) mass is 294 g/mol. The SMILES string of the molecule is CCCC(C)(C)C(=O)OCC1OC(=O)C2(C)CC3CC3C12. The van der Waals surface area contributed by atoms with Gasteiger partial charge in [-0.3, -0.25) is 9.59 Å². The lowest BCUT2D eigenvalue weighted by molar-refractivity contribution is -0.162. The third kappa shape index (κ3) is 2.27. The third-order valence-corrected chi connectivity index (χ3v) is 5.79. The van der Waals surface area contributed by atoms with Crippen molar-refractivity contribution in [2.45, 2.75) is 59.5 Å². The summed E-state index contributed by atoms with van der Waals surface area (Å²) >= 11 is 0. The van der Waals surface area contributed by atoms with Crippen LogP contribution < -0.4 is 0 Å². The lowest BCUT2D eigenvalue weighted by Gasteiger charge is -2.26. The molecule has 1 heterocycles. The van der Waals surface area contributed by atoms with E-state index in [-0.39, 0.29) is 36.0 Å². The molecule has 21 heavy (non-hydrogen) atoms. The van der Waals surface area contributed by atoms with Crippen LogP contribution >= 0.6 is 0 Å². The van der Waals surface area contributed by atoms with Gasteiger partial charge in [0.2, 0.25) is 0 Å². The molecule has 0 aromatic heterocycles. The quantitative estimate of drug-likeness (QED) is 0.732. The summed E-state index contributed by atoms with van der Waals surface area (Å²) in [5.74, 6) is 1.28. The summed E-state index contributed by atoms with van der Waals surface area (Å²) in [6, 6.07) is 0. The average Bonchev–Trinajstić information content (AvgIpc) is 2.99. The van der Waals surface area contributed by atoms with Gasteiger partial charge in [-0.15, -0.1) is 0 Å². The lowest BCUT2D eigenvalue weighted by atomic mass is 9.76. The zero-order chi connectivity index (χ0) is 15.4.